The Morgan fingerprint density at radius 1 is 0.911 bits per heavy atom. The van der Waals surface area contributed by atoms with E-state index in [0.29, 0.717) is 24.4 Å². The second kappa shape index (κ2) is 14.0. The van der Waals surface area contributed by atoms with Gasteiger partial charge in [0, 0.05) is 54.1 Å². The van der Waals surface area contributed by atoms with Crippen molar-refractivity contribution in [3.05, 3.63) is 73.1 Å². The molecule has 10 nitrogen and oxygen atoms in total. The van der Waals surface area contributed by atoms with E-state index < -0.39 is 5.97 Å². The molecule has 1 saturated heterocycles. The summed E-state index contributed by atoms with van der Waals surface area (Å²) in [5.41, 5.74) is 3.84. The number of hydrogen-bond donors (Lipinski definition) is 2. The lowest BCUT2D eigenvalue weighted by molar-refractivity contribution is -0.138. The topological polar surface area (TPSA) is 121 Å². The maximum absolute atomic E-state index is 12.8. The van der Waals surface area contributed by atoms with E-state index in [4.69, 9.17) is 9.84 Å². The number of pyridine rings is 1. The fraction of sp³-hybridized carbons (Fsp3) is 0.400. The van der Waals surface area contributed by atoms with Gasteiger partial charge >= 0.3 is 5.97 Å². The van der Waals surface area contributed by atoms with Crippen molar-refractivity contribution in [2.75, 3.05) is 36.5 Å². The smallest absolute Gasteiger partial charge is 0.317 e. The monoisotopic (exact) mass is 608 g/mol. The Hall–Kier alpha value is -4.57. The summed E-state index contributed by atoms with van der Waals surface area (Å²) in [5, 5.41) is 13.5. The number of nitrogens with zero attached hydrogens (tertiary/aromatic N) is 5. The van der Waals surface area contributed by atoms with E-state index >= 15 is 0 Å². The van der Waals surface area contributed by atoms with Crippen LogP contribution >= 0.6 is 0 Å². The highest BCUT2D eigenvalue weighted by Crippen LogP contribution is 2.31. The highest BCUT2D eigenvalue weighted by molar-refractivity contribution is 5.92. The Labute approximate surface area is 263 Å². The summed E-state index contributed by atoms with van der Waals surface area (Å²) in [6.45, 7) is 3.89. The normalized spacial score (nSPS) is 19.2. The molecule has 0 unspecified atom stereocenters. The summed E-state index contributed by atoms with van der Waals surface area (Å²) < 4.78 is 5.95. The minimum Gasteiger partial charge on any atom is -0.480 e. The van der Waals surface area contributed by atoms with Crippen molar-refractivity contribution in [1.29, 1.82) is 0 Å². The summed E-state index contributed by atoms with van der Waals surface area (Å²) in [7, 11) is 0. The maximum Gasteiger partial charge on any atom is 0.317 e. The van der Waals surface area contributed by atoms with Crippen molar-refractivity contribution < 1.29 is 19.4 Å². The molecule has 45 heavy (non-hydrogen) atoms. The fourth-order valence-electron chi connectivity index (χ4n) is 6.51. The number of rotatable bonds is 10. The third kappa shape index (κ3) is 7.75. The summed E-state index contributed by atoms with van der Waals surface area (Å²) in [6, 6.07) is 20.4. The first-order chi connectivity index (χ1) is 21.9. The number of likely N-dealkylation sites (tertiary alicyclic amines) is 1. The molecule has 0 atom stereocenters. The van der Waals surface area contributed by atoms with E-state index in [0.717, 1.165) is 79.3 Å². The summed E-state index contributed by atoms with van der Waals surface area (Å²) in [5.74, 6) is 0.912. The quantitative estimate of drug-likeness (QED) is 0.236. The molecule has 1 saturated carbocycles. The van der Waals surface area contributed by atoms with E-state index in [1.54, 1.807) is 6.92 Å². The Balaban J connectivity index is 1.00. The second-order valence-electron chi connectivity index (χ2n) is 12.1. The Morgan fingerprint density at radius 2 is 1.64 bits per heavy atom. The molecule has 0 radical (unpaired) electrons. The SMILES string of the molecule is CC(=O)N(c1ccc(-c2ccc(OCC3CCN(CC(=O)O)CC3)nc2)cc1)C1CCC(Nc2ncc3ccccc3n2)CC1. The molecule has 1 aliphatic heterocycles. The van der Waals surface area contributed by atoms with Gasteiger partial charge in [0.05, 0.1) is 18.7 Å². The molecule has 2 N–H and O–H groups in total. The van der Waals surface area contributed by atoms with Crippen LogP contribution in [0.4, 0.5) is 11.6 Å². The lowest BCUT2D eigenvalue weighted by atomic mass is 9.89. The Morgan fingerprint density at radius 3 is 2.33 bits per heavy atom. The minimum absolute atomic E-state index is 0.0488. The first-order valence-corrected chi connectivity index (χ1v) is 15.8. The van der Waals surface area contributed by atoms with Crippen molar-refractivity contribution in [3.8, 4) is 17.0 Å². The number of piperidine rings is 1. The van der Waals surface area contributed by atoms with Gasteiger partial charge in [-0.25, -0.2) is 15.0 Å². The van der Waals surface area contributed by atoms with Gasteiger partial charge < -0.3 is 20.1 Å². The molecule has 2 fully saturated rings. The number of para-hydroxylation sites is 1. The van der Waals surface area contributed by atoms with Gasteiger partial charge in [-0.3, -0.25) is 14.5 Å². The molecule has 2 aromatic heterocycles. The lowest BCUT2D eigenvalue weighted by Gasteiger charge is -2.36. The van der Waals surface area contributed by atoms with Crippen molar-refractivity contribution in [3.63, 3.8) is 0 Å². The number of benzene rings is 2. The lowest BCUT2D eigenvalue weighted by Crippen LogP contribution is -2.43. The number of hydrogen-bond acceptors (Lipinski definition) is 8. The van der Waals surface area contributed by atoms with Gasteiger partial charge in [-0.15, -0.1) is 0 Å². The van der Waals surface area contributed by atoms with Gasteiger partial charge in [-0.2, -0.15) is 0 Å². The zero-order valence-electron chi connectivity index (χ0n) is 25.6. The van der Waals surface area contributed by atoms with Gasteiger partial charge in [0.2, 0.25) is 17.7 Å². The van der Waals surface area contributed by atoms with Crippen molar-refractivity contribution in [2.24, 2.45) is 5.92 Å². The third-order valence-electron chi connectivity index (χ3n) is 8.97. The standard InChI is InChI=1S/C35H40N6O4/c1-24(42)41(31-13-9-29(10-14-31)38-35-37-21-28-4-2-3-5-32(28)39-35)30-11-6-26(7-12-30)27-8-15-33(36-20-27)45-23-25-16-18-40(19-17-25)22-34(43)44/h2-8,11-12,15,20-21,25,29,31H,9-10,13-14,16-19,22-23H2,1H3,(H,43,44)(H,37,38,39). The number of amides is 1. The molecule has 2 aliphatic rings. The van der Waals surface area contributed by atoms with Crippen LogP contribution in [0.15, 0.2) is 73.1 Å². The largest absolute Gasteiger partial charge is 0.480 e. The van der Waals surface area contributed by atoms with Gasteiger partial charge in [-0.1, -0.05) is 30.3 Å². The van der Waals surface area contributed by atoms with Crippen LogP contribution in [0, 0.1) is 5.92 Å². The molecule has 0 bridgehead atoms. The molecular weight excluding hydrogens is 568 g/mol. The summed E-state index contributed by atoms with van der Waals surface area (Å²) >= 11 is 0. The van der Waals surface area contributed by atoms with Crippen LogP contribution in [-0.4, -0.2) is 75.2 Å². The van der Waals surface area contributed by atoms with Gasteiger partial charge in [0.1, 0.15) is 0 Å². The predicted octanol–water partition coefficient (Wildman–Crippen LogP) is 5.64. The third-order valence-corrected chi connectivity index (χ3v) is 8.97. The van der Waals surface area contributed by atoms with Crippen molar-refractivity contribution in [1.82, 2.24) is 19.9 Å². The van der Waals surface area contributed by atoms with Crippen molar-refractivity contribution in [2.45, 2.75) is 57.5 Å². The van der Waals surface area contributed by atoms with E-state index in [9.17, 15) is 9.59 Å². The highest BCUT2D eigenvalue weighted by Gasteiger charge is 2.29. The van der Waals surface area contributed by atoms with Crippen LogP contribution in [0.3, 0.4) is 0 Å². The molecule has 2 aromatic carbocycles. The van der Waals surface area contributed by atoms with Crippen LogP contribution in [0.1, 0.15) is 45.4 Å². The van der Waals surface area contributed by atoms with Crippen LogP contribution in [-0.2, 0) is 9.59 Å². The Bertz CT molecular complexity index is 1600. The molecular formula is C35H40N6O4. The van der Waals surface area contributed by atoms with Gasteiger partial charge in [0.25, 0.3) is 0 Å². The van der Waals surface area contributed by atoms with Crippen LogP contribution < -0.4 is 15.0 Å². The molecule has 4 aromatic rings. The number of aliphatic carboxylic acids is 1. The fourth-order valence-corrected chi connectivity index (χ4v) is 6.51. The van der Waals surface area contributed by atoms with Crippen LogP contribution in [0.25, 0.3) is 22.0 Å². The van der Waals surface area contributed by atoms with E-state index in [1.807, 2.05) is 82.9 Å². The summed E-state index contributed by atoms with van der Waals surface area (Å²) in [6.07, 6.45) is 9.20. The average Bonchev–Trinajstić information content (AvgIpc) is 3.05. The number of carboxylic acids is 1. The Kier molecular flexibility index (Phi) is 9.49. The number of ether oxygens (including phenoxy) is 1. The average molecular weight is 609 g/mol. The zero-order chi connectivity index (χ0) is 31.2. The number of carboxylic acid groups (broad SMARTS) is 1. The van der Waals surface area contributed by atoms with Crippen molar-refractivity contribution >= 4 is 34.4 Å². The molecule has 1 amide bonds. The number of anilines is 2. The molecule has 10 heteroatoms. The number of carbonyl (C=O) groups is 2. The number of aromatic nitrogens is 3. The molecule has 234 valence electrons. The van der Waals surface area contributed by atoms with Crippen LogP contribution in [0.2, 0.25) is 0 Å². The minimum atomic E-state index is -0.778. The number of nitrogens with one attached hydrogen (secondary N) is 1. The van der Waals surface area contributed by atoms with E-state index in [2.05, 4.69) is 20.3 Å². The molecule has 6 rings (SSSR count). The van der Waals surface area contributed by atoms with E-state index in [-0.39, 0.29) is 24.5 Å². The van der Waals surface area contributed by atoms with Crippen LogP contribution in [0.5, 0.6) is 5.88 Å². The van der Waals surface area contributed by atoms with Gasteiger partial charge in [0.15, 0.2) is 0 Å². The first-order valence-electron chi connectivity index (χ1n) is 15.8. The number of fused-ring (bicyclic) bond motifs is 1. The zero-order valence-corrected chi connectivity index (χ0v) is 25.6. The van der Waals surface area contributed by atoms with E-state index in [1.165, 1.54) is 0 Å². The maximum atomic E-state index is 12.8. The molecule has 1 aliphatic carbocycles. The molecule has 0 spiro atoms. The highest BCUT2D eigenvalue weighted by atomic mass is 16.5. The number of carbonyl (C=O) groups excluding carboxylic acids is 1. The second-order valence-corrected chi connectivity index (χ2v) is 12.1. The predicted molar refractivity (Wildman–Crippen MR) is 174 cm³/mol. The van der Waals surface area contributed by atoms with Gasteiger partial charge in [-0.05, 0) is 87.4 Å². The molecule has 3 heterocycles. The first kappa shape index (κ1) is 30.5. The summed E-state index contributed by atoms with van der Waals surface area (Å²) in [4.78, 5) is 41.3.